The summed E-state index contributed by atoms with van der Waals surface area (Å²) in [4.78, 5) is 50.9. The molecule has 1 unspecified atom stereocenters. The third-order valence-electron chi connectivity index (χ3n) is 6.09. The number of rotatable bonds is 13. The second-order valence-corrected chi connectivity index (χ2v) is 10.7. The number of unbranched alkanes of at least 4 members (excludes halogenated alkanes) is 1. The topological polar surface area (TPSA) is 153 Å². The van der Waals surface area contributed by atoms with Crippen LogP contribution in [-0.4, -0.2) is 72.1 Å². The minimum absolute atomic E-state index is 0.0755. The number of hydrogen-bond donors (Lipinski definition) is 3. The number of nitrogens with one attached hydrogen (secondary N) is 2. The van der Waals surface area contributed by atoms with Gasteiger partial charge in [0, 0.05) is 18.7 Å². The lowest BCUT2D eigenvalue weighted by Crippen LogP contribution is -2.51. The molecule has 38 heavy (non-hydrogen) atoms. The number of nitrogens with zero attached hydrogens (tertiary/aromatic N) is 2. The molecule has 12 heteroatoms. The van der Waals surface area contributed by atoms with E-state index < -0.39 is 46.5 Å². The lowest BCUT2D eigenvalue weighted by Gasteiger charge is -2.30. The van der Waals surface area contributed by atoms with E-state index in [1.165, 1.54) is 24.3 Å². The molecule has 0 aliphatic carbocycles. The van der Waals surface area contributed by atoms with Crippen molar-refractivity contribution < 1.29 is 32.7 Å². The molecule has 3 amide bonds. The second-order valence-electron chi connectivity index (χ2n) is 9.01. The third-order valence-corrected chi connectivity index (χ3v) is 7.51. The number of hydrogen-bond acceptors (Lipinski definition) is 6. The third kappa shape index (κ3) is 7.86. The van der Waals surface area contributed by atoms with Crippen LogP contribution >= 0.6 is 0 Å². The van der Waals surface area contributed by atoms with E-state index in [-0.39, 0.29) is 25.1 Å². The molecule has 2 aromatic carbocycles. The van der Waals surface area contributed by atoms with Crippen LogP contribution in [0.25, 0.3) is 0 Å². The fourth-order valence-corrected chi connectivity index (χ4v) is 5.19. The minimum atomic E-state index is -3.90. The Balaban J connectivity index is 1.81. The predicted octanol–water partition coefficient (Wildman–Crippen LogP) is 1.31. The number of aliphatic carboxylic acids is 1. The van der Waals surface area contributed by atoms with Crippen molar-refractivity contribution in [1.82, 2.24) is 19.2 Å². The fourth-order valence-electron chi connectivity index (χ4n) is 4.10. The molecule has 3 rings (SSSR count). The zero-order valence-electron chi connectivity index (χ0n) is 21.1. The molecule has 0 aromatic heterocycles. The zero-order chi connectivity index (χ0) is 27.7. The molecule has 1 saturated heterocycles. The molecule has 1 atom stereocenters. The molecule has 0 spiro atoms. The SMILES string of the molecule is CCCCNC(=O)C(CCc1ccccc1)N(CC(=O)O)C(=O)c1ccc(CN2CC(=O)NS2(=O)=O)cc1. The predicted molar refractivity (Wildman–Crippen MR) is 139 cm³/mol. The first-order chi connectivity index (χ1) is 18.1. The van der Waals surface area contributed by atoms with Gasteiger partial charge in [-0.2, -0.15) is 12.7 Å². The Morgan fingerprint density at radius 1 is 1.08 bits per heavy atom. The number of carbonyl (C=O) groups excluding carboxylic acids is 3. The Morgan fingerprint density at radius 3 is 2.34 bits per heavy atom. The summed E-state index contributed by atoms with van der Waals surface area (Å²) in [5.74, 6) is -2.93. The molecule has 0 bridgehead atoms. The number of carboxylic acids is 1. The molecule has 3 N–H and O–H groups in total. The molecule has 11 nitrogen and oxygen atoms in total. The summed E-state index contributed by atoms with van der Waals surface area (Å²) in [6.45, 7) is 1.36. The monoisotopic (exact) mass is 544 g/mol. The molecular weight excluding hydrogens is 512 g/mol. The first-order valence-electron chi connectivity index (χ1n) is 12.3. The molecule has 1 aliphatic heterocycles. The highest BCUT2D eigenvalue weighted by atomic mass is 32.2. The van der Waals surface area contributed by atoms with E-state index in [0.29, 0.717) is 18.5 Å². The van der Waals surface area contributed by atoms with Crippen LogP contribution in [0.1, 0.15) is 47.7 Å². The minimum Gasteiger partial charge on any atom is -0.480 e. The van der Waals surface area contributed by atoms with Crippen LogP contribution in [0.4, 0.5) is 0 Å². The van der Waals surface area contributed by atoms with Crippen molar-refractivity contribution in [2.75, 3.05) is 19.6 Å². The van der Waals surface area contributed by atoms with Crippen molar-refractivity contribution in [3.63, 3.8) is 0 Å². The maximum absolute atomic E-state index is 13.5. The highest BCUT2D eigenvalue weighted by Crippen LogP contribution is 2.18. The van der Waals surface area contributed by atoms with Gasteiger partial charge in [0.15, 0.2) is 0 Å². The van der Waals surface area contributed by atoms with Gasteiger partial charge in [0.2, 0.25) is 11.8 Å². The second kappa shape index (κ2) is 13.2. The van der Waals surface area contributed by atoms with Crippen LogP contribution in [0.2, 0.25) is 0 Å². The van der Waals surface area contributed by atoms with Crippen LogP contribution in [0, 0.1) is 0 Å². The molecular formula is C26H32N4O7S. The van der Waals surface area contributed by atoms with E-state index >= 15 is 0 Å². The highest BCUT2D eigenvalue weighted by molar-refractivity contribution is 7.88. The van der Waals surface area contributed by atoms with Gasteiger partial charge in [-0.05, 0) is 42.5 Å². The maximum Gasteiger partial charge on any atom is 0.323 e. The van der Waals surface area contributed by atoms with Crippen molar-refractivity contribution >= 4 is 33.9 Å². The maximum atomic E-state index is 13.5. The molecule has 204 valence electrons. The standard InChI is InChI=1S/C26H32N4O7S/c1-2-3-15-27-25(34)22(14-11-19-7-5-4-6-8-19)30(18-24(32)33)26(35)21-12-9-20(10-13-21)16-29-17-23(31)28-38(29,36)37/h4-10,12-13,22H,2-3,11,14-18H2,1H3,(H,27,34)(H,28,31)(H,32,33). The first kappa shape index (κ1) is 28.8. The molecule has 2 aromatic rings. The molecule has 1 aliphatic rings. The van der Waals surface area contributed by atoms with Crippen LogP contribution < -0.4 is 10.0 Å². The number of amides is 3. The Bertz CT molecular complexity index is 1250. The summed E-state index contributed by atoms with van der Waals surface area (Å²) >= 11 is 0. The molecule has 1 heterocycles. The Morgan fingerprint density at radius 2 is 1.76 bits per heavy atom. The quantitative estimate of drug-likeness (QED) is 0.321. The average Bonchev–Trinajstić information content (AvgIpc) is 3.14. The van der Waals surface area contributed by atoms with E-state index in [1.807, 2.05) is 42.0 Å². The molecule has 0 saturated carbocycles. The Hall–Kier alpha value is -3.77. The van der Waals surface area contributed by atoms with E-state index in [4.69, 9.17) is 0 Å². The van der Waals surface area contributed by atoms with Gasteiger partial charge in [-0.25, -0.2) is 4.72 Å². The van der Waals surface area contributed by atoms with Gasteiger partial charge in [-0.15, -0.1) is 0 Å². The summed E-state index contributed by atoms with van der Waals surface area (Å²) in [5.41, 5.74) is 1.64. The summed E-state index contributed by atoms with van der Waals surface area (Å²) in [6, 6.07) is 14.4. The summed E-state index contributed by atoms with van der Waals surface area (Å²) in [7, 11) is -3.90. The van der Waals surface area contributed by atoms with Gasteiger partial charge in [-0.3, -0.25) is 19.2 Å². The van der Waals surface area contributed by atoms with E-state index in [0.717, 1.165) is 27.6 Å². The van der Waals surface area contributed by atoms with Crippen LogP contribution in [0.5, 0.6) is 0 Å². The summed E-state index contributed by atoms with van der Waals surface area (Å²) < 4.78 is 26.8. The van der Waals surface area contributed by atoms with Crippen molar-refractivity contribution in [3.8, 4) is 0 Å². The normalized spacial score (nSPS) is 15.4. The fraction of sp³-hybridized carbons (Fsp3) is 0.385. The van der Waals surface area contributed by atoms with Gasteiger partial charge in [0.1, 0.15) is 12.6 Å². The van der Waals surface area contributed by atoms with E-state index in [2.05, 4.69) is 5.32 Å². The summed E-state index contributed by atoms with van der Waals surface area (Å²) in [6.07, 6.45) is 2.31. The highest BCUT2D eigenvalue weighted by Gasteiger charge is 2.34. The zero-order valence-corrected chi connectivity index (χ0v) is 21.9. The number of carbonyl (C=O) groups is 4. The van der Waals surface area contributed by atoms with Gasteiger partial charge < -0.3 is 15.3 Å². The number of benzene rings is 2. The van der Waals surface area contributed by atoms with Crippen LogP contribution in [-0.2, 0) is 37.6 Å². The first-order valence-corrected chi connectivity index (χ1v) is 13.8. The van der Waals surface area contributed by atoms with E-state index in [9.17, 15) is 32.7 Å². The smallest absolute Gasteiger partial charge is 0.323 e. The van der Waals surface area contributed by atoms with Crippen LogP contribution in [0.3, 0.4) is 0 Å². The van der Waals surface area contributed by atoms with Crippen molar-refractivity contribution in [1.29, 1.82) is 0 Å². The number of carboxylic acid groups (broad SMARTS) is 1. The van der Waals surface area contributed by atoms with Crippen molar-refractivity contribution in [2.24, 2.45) is 0 Å². The molecule has 1 fully saturated rings. The van der Waals surface area contributed by atoms with Gasteiger partial charge in [0.25, 0.3) is 5.91 Å². The van der Waals surface area contributed by atoms with Gasteiger partial charge in [0.05, 0.1) is 6.54 Å². The molecule has 0 radical (unpaired) electrons. The van der Waals surface area contributed by atoms with Crippen molar-refractivity contribution in [3.05, 3.63) is 71.3 Å². The van der Waals surface area contributed by atoms with Gasteiger partial charge >= 0.3 is 16.2 Å². The largest absolute Gasteiger partial charge is 0.480 e. The Labute approximate surface area is 222 Å². The Kier molecular flexibility index (Phi) is 9.97. The number of aryl methyl sites for hydroxylation is 1. The van der Waals surface area contributed by atoms with Crippen molar-refractivity contribution in [2.45, 2.75) is 45.2 Å². The summed E-state index contributed by atoms with van der Waals surface area (Å²) in [5, 5.41) is 12.4. The van der Waals surface area contributed by atoms with Crippen LogP contribution in [0.15, 0.2) is 54.6 Å². The van der Waals surface area contributed by atoms with Gasteiger partial charge in [-0.1, -0.05) is 55.8 Å². The lowest BCUT2D eigenvalue weighted by atomic mass is 10.0. The average molecular weight is 545 g/mol. The van der Waals surface area contributed by atoms with E-state index in [1.54, 1.807) is 0 Å². The lowest BCUT2D eigenvalue weighted by molar-refractivity contribution is -0.139.